The summed E-state index contributed by atoms with van der Waals surface area (Å²) in [4.78, 5) is 17.1. The molecule has 0 saturated carbocycles. The van der Waals surface area contributed by atoms with Crippen molar-refractivity contribution in [3.8, 4) is 5.75 Å². The number of anilines is 1. The second-order valence-corrected chi connectivity index (χ2v) is 7.77. The van der Waals surface area contributed by atoms with Gasteiger partial charge in [0.2, 0.25) is 11.7 Å². The van der Waals surface area contributed by atoms with Gasteiger partial charge in [-0.3, -0.25) is 4.79 Å². The Kier molecular flexibility index (Phi) is 4.83. The molecule has 2 aromatic heterocycles. The Hall–Kier alpha value is -2.85. The Balaban J connectivity index is 1.97. The summed E-state index contributed by atoms with van der Waals surface area (Å²) in [5.74, 6) is -0.483. The van der Waals surface area contributed by atoms with E-state index in [-0.39, 0.29) is 10.8 Å². The van der Waals surface area contributed by atoms with E-state index < -0.39 is 29.3 Å². The maximum Gasteiger partial charge on any atom is 0.431 e. The topological polar surface area (TPSA) is 69.0 Å². The van der Waals surface area contributed by atoms with Gasteiger partial charge in [-0.2, -0.15) is 23.3 Å². The maximum atomic E-state index is 13.9. The molecule has 0 bridgehead atoms. The van der Waals surface area contributed by atoms with Gasteiger partial charge in [-0.05, 0) is 29.8 Å². The van der Waals surface area contributed by atoms with E-state index in [9.17, 15) is 18.0 Å². The van der Waals surface area contributed by atoms with Crippen LogP contribution in [0.1, 0.15) is 21.3 Å². The average molecular weight is 441 g/mol. The van der Waals surface area contributed by atoms with Gasteiger partial charge in [0.15, 0.2) is 0 Å². The van der Waals surface area contributed by atoms with Crippen LogP contribution in [-0.2, 0) is 0 Å². The summed E-state index contributed by atoms with van der Waals surface area (Å²) in [6.45, 7) is 0. The molecule has 3 heterocycles. The van der Waals surface area contributed by atoms with E-state index in [4.69, 9.17) is 16.3 Å². The van der Waals surface area contributed by atoms with Crippen LogP contribution in [0.2, 0.25) is 4.34 Å². The number of carbonyl (C=O) groups excluding carboxylic acids is 1. The molecule has 0 radical (unpaired) electrons. The summed E-state index contributed by atoms with van der Waals surface area (Å²) in [5, 5.41) is 6.26. The first-order chi connectivity index (χ1) is 13.8. The molecule has 1 aromatic carbocycles. The third-order valence-corrected chi connectivity index (χ3v) is 5.56. The number of Topliss-reactive ketones (excluding diaryl/α,β-unsaturated/α-hetero) is 1. The molecule has 0 amide bonds. The molecule has 1 atom stereocenters. The predicted molar refractivity (Wildman–Crippen MR) is 102 cm³/mol. The number of ketones is 1. The van der Waals surface area contributed by atoms with Gasteiger partial charge in [-0.25, -0.2) is 4.68 Å². The summed E-state index contributed by atoms with van der Waals surface area (Å²) >= 11 is 6.80. The Labute approximate surface area is 171 Å². The fourth-order valence-corrected chi connectivity index (χ4v) is 4.11. The number of ether oxygens (including phenoxy) is 1. The summed E-state index contributed by atoms with van der Waals surface area (Å²) in [6, 6.07) is 8.15. The third kappa shape index (κ3) is 3.49. The van der Waals surface area contributed by atoms with Crippen LogP contribution in [0.4, 0.5) is 19.1 Å². The minimum absolute atomic E-state index is 0.0880. The Morgan fingerprint density at radius 1 is 1.31 bits per heavy atom. The number of fused-ring (bicyclic) bond motifs is 1. The Morgan fingerprint density at radius 2 is 2.10 bits per heavy atom. The molecule has 0 spiro atoms. The molecule has 150 valence electrons. The number of thiophene rings is 1. The first-order valence-corrected chi connectivity index (χ1v) is 9.41. The minimum atomic E-state index is -4.82. The number of halogens is 4. The maximum absolute atomic E-state index is 13.9. The van der Waals surface area contributed by atoms with Crippen molar-refractivity contribution in [2.45, 2.75) is 12.2 Å². The van der Waals surface area contributed by atoms with Crippen molar-refractivity contribution in [2.24, 2.45) is 0 Å². The fraction of sp³-hybridized carbons (Fsp3) is 0.167. The number of aromatic nitrogens is 3. The largest absolute Gasteiger partial charge is 0.497 e. The molecule has 1 aliphatic heterocycles. The quantitative estimate of drug-likeness (QED) is 0.595. The molecule has 4 rings (SSSR count). The van der Waals surface area contributed by atoms with Gasteiger partial charge in [0.25, 0.3) is 0 Å². The van der Waals surface area contributed by atoms with Gasteiger partial charge < -0.3 is 10.1 Å². The number of nitrogens with zero attached hydrogens (tertiary/aromatic N) is 3. The van der Waals surface area contributed by atoms with E-state index in [2.05, 4.69) is 15.4 Å². The molecular weight excluding hydrogens is 429 g/mol. The molecule has 11 heteroatoms. The van der Waals surface area contributed by atoms with Gasteiger partial charge >= 0.3 is 6.18 Å². The van der Waals surface area contributed by atoms with Gasteiger partial charge in [0.05, 0.1) is 21.9 Å². The highest BCUT2D eigenvalue weighted by molar-refractivity contribution is 7.18. The zero-order chi connectivity index (χ0) is 20.8. The summed E-state index contributed by atoms with van der Waals surface area (Å²) in [7, 11) is 1.44. The van der Waals surface area contributed by atoms with E-state index in [0.29, 0.717) is 15.6 Å². The van der Waals surface area contributed by atoms with Crippen molar-refractivity contribution in [2.75, 3.05) is 12.4 Å². The number of carbonyl (C=O) groups is 1. The van der Waals surface area contributed by atoms with Crippen LogP contribution in [0.25, 0.3) is 0 Å². The molecular formula is C18H12ClF3N4O2S. The van der Waals surface area contributed by atoms with Crippen LogP contribution in [-0.4, -0.2) is 33.8 Å². The number of nitrogens with one attached hydrogen (secondary N) is 1. The average Bonchev–Trinajstić information content (AvgIpc) is 3.34. The molecule has 1 N–H and O–H groups in total. The number of benzene rings is 1. The van der Waals surface area contributed by atoms with E-state index in [1.807, 2.05) is 0 Å². The number of methoxy groups -OCH3 is 1. The second-order valence-electron chi connectivity index (χ2n) is 6.05. The van der Waals surface area contributed by atoms with Gasteiger partial charge in [-0.1, -0.05) is 23.7 Å². The summed E-state index contributed by atoms with van der Waals surface area (Å²) in [5.41, 5.74) is -1.28. The number of allylic oxidation sites excluding steroid dienone is 2. The summed E-state index contributed by atoms with van der Waals surface area (Å²) in [6.07, 6.45) is -3.70. The molecule has 29 heavy (non-hydrogen) atoms. The normalized spacial score (nSPS) is 16.4. The number of alkyl halides is 3. The third-order valence-electron chi connectivity index (χ3n) is 4.33. The first-order valence-electron chi connectivity index (χ1n) is 8.21. The van der Waals surface area contributed by atoms with Crippen LogP contribution in [0.5, 0.6) is 5.75 Å². The zero-order valence-corrected chi connectivity index (χ0v) is 16.3. The molecule has 1 aliphatic rings. The Bertz CT molecular complexity index is 1120. The molecule has 3 aromatic rings. The van der Waals surface area contributed by atoms with E-state index in [0.717, 1.165) is 17.7 Å². The van der Waals surface area contributed by atoms with E-state index in [1.165, 1.54) is 23.9 Å². The monoisotopic (exact) mass is 440 g/mol. The van der Waals surface area contributed by atoms with Crippen LogP contribution in [0, 0.1) is 0 Å². The van der Waals surface area contributed by atoms with Crippen LogP contribution >= 0.6 is 22.9 Å². The van der Waals surface area contributed by atoms with Crippen molar-refractivity contribution < 1.29 is 22.7 Å². The number of rotatable bonds is 4. The van der Waals surface area contributed by atoms with Crippen molar-refractivity contribution in [3.05, 3.63) is 68.8 Å². The minimum Gasteiger partial charge on any atom is -0.497 e. The van der Waals surface area contributed by atoms with Crippen molar-refractivity contribution in [1.82, 2.24) is 14.8 Å². The Morgan fingerprint density at radius 3 is 2.76 bits per heavy atom. The first kappa shape index (κ1) is 19.5. The number of hydrogen-bond acceptors (Lipinski definition) is 6. The van der Waals surface area contributed by atoms with Crippen molar-refractivity contribution in [1.29, 1.82) is 0 Å². The van der Waals surface area contributed by atoms with E-state index >= 15 is 0 Å². The molecule has 6 nitrogen and oxygen atoms in total. The standard InChI is InChI=1S/C18H12ClF3N4O2S/c1-28-10-4-2-3-9(7-10)14-13(15(27)11-5-6-12(19)29-11)16(18(20,21)22)25-17-23-8-24-26(14)17/h2-8,14H,1H3,(H,23,24,25). The highest BCUT2D eigenvalue weighted by atomic mass is 35.5. The lowest BCUT2D eigenvalue weighted by Gasteiger charge is -2.30. The molecule has 0 aliphatic carbocycles. The molecule has 1 unspecified atom stereocenters. The van der Waals surface area contributed by atoms with Crippen molar-refractivity contribution >= 4 is 34.7 Å². The van der Waals surface area contributed by atoms with Crippen molar-refractivity contribution in [3.63, 3.8) is 0 Å². The predicted octanol–water partition coefficient (Wildman–Crippen LogP) is 4.72. The lowest BCUT2D eigenvalue weighted by Crippen LogP contribution is -2.35. The van der Waals surface area contributed by atoms with Gasteiger partial charge in [0, 0.05) is 0 Å². The van der Waals surface area contributed by atoms with Gasteiger partial charge in [0.1, 0.15) is 23.8 Å². The lowest BCUT2D eigenvalue weighted by molar-refractivity contribution is -0.0918. The fourth-order valence-electron chi connectivity index (χ4n) is 3.12. The second kappa shape index (κ2) is 7.20. The summed E-state index contributed by atoms with van der Waals surface area (Å²) < 4.78 is 48.5. The number of hydrogen-bond donors (Lipinski definition) is 1. The SMILES string of the molecule is COc1cccc(C2C(C(=O)c3ccc(Cl)s3)=C(C(F)(F)F)Nc3ncnn32)c1. The van der Waals surface area contributed by atoms with E-state index in [1.54, 1.807) is 24.3 Å². The highest BCUT2D eigenvalue weighted by Crippen LogP contribution is 2.43. The van der Waals surface area contributed by atoms with Gasteiger partial charge in [-0.15, -0.1) is 11.3 Å². The smallest absolute Gasteiger partial charge is 0.431 e. The molecule has 0 fully saturated rings. The van der Waals surface area contributed by atoms with Crippen LogP contribution in [0.15, 0.2) is 54.0 Å². The van der Waals surface area contributed by atoms with Crippen LogP contribution in [0.3, 0.4) is 0 Å². The zero-order valence-electron chi connectivity index (χ0n) is 14.7. The lowest BCUT2D eigenvalue weighted by atomic mass is 9.91. The van der Waals surface area contributed by atoms with Crippen LogP contribution < -0.4 is 10.1 Å². The molecule has 0 saturated heterocycles. The highest BCUT2D eigenvalue weighted by Gasteiger charge is 2.46.